The molecule has 3 aromatic rings. The number of para-hydroxylation sites is 1. The molecule has 0 bridgehead atoms. The van der Waals surface area contributed by atoms with Gasteiger partial charge in [0.25, 0.3) is 0 Å². The van der Waals surface area contributed by atoms with Gasteiger partial charge in [-0.2, -0.15) is 0 Å². The number of aryl methyl sites for hydroxylation is 1. The summed E-state index contributed by atoms with van der Waals surface area (Å²) in [4.78, 5) is 15.9. The fourth-order valence-electron chi connectivity index (χ4n) is 1.81. The number of aromatic nitrogens is 2. The van der Waals surface area contributed by atoms with Crippen molar-refractivity contribution in [1.29, 1.82) is 0 Å². The SMILES string of the molecule is Cc1csc(=O)n1Cc1nc2c(N)cccc2o1. The van der Waals surface area contributed by atoms with Gasteiger partial charge in [-0.15, -0.1) is 0 Å². The highest BCUT2D eigenvalue weighted by Crippen LogP contribution is 2.21. The summed E-state index contributed by atoms with van der Waals surface area (Å²) in [5.74, 6) is 0.492. The molecule has 1 aromatic carbocycles. The average molecular weight is 261 g/mol. The number of benzene rings is 1. The van der Waals surface area contributed by atoms with Gasteiger partial charge in [-0.25, -0.2) is 4.98 Å². The summed E-state index contributed by atoms with van der Waals surface area (Å²) in [6.45, 7) is 2.22. The zero-order chi connectivity index (χ0) is 12.7. The molecule has 92 valence electrons. The lowest BCUT2D eigenvalue weighted by Gasteiger charge is -1.98. The third-order valence-electron chi connectivity index (χ3n) is 2.76. The van der Waals surface area contributed by atoms with Crippen molar-refractivity contribution in [3.8, 4) is 0 Å². The van der Waals surface area contributed by atoms with Crippen molar-refractivity contribution in [2.75, 3.05) is 5.73 Å². The Morgan fingerprint density at radius 3 is 3.00 bits per heavy atom. The molecule has 0 spiro atoms. The fraction of sp³-hybridized carbons (Fsp3) is 0.167. The maximum absolute atomic E-state index is 11.6. The van der Waals surface area contributed by atoms with Crippen molar-refractivity contribution >= 4 is 28.1 Å². The summed E-state index contributed by atoms with van der Waals surface area (Å²) in [6.07, 6.45) is 0. The number of fused-ring (bicyclic) bond motifs is 1. The Balaban J connectivity index is 2.06. The van der Waals surface area contributed by atoms with E-state index < -0.39 is 0 Å². The molecule has 2 N–H and O–H groups in total. The molecular weight excluding hydrogens is 250 g/mol. The van der Waals surface area contributed by atoms with Crippen molar-refractivity contribution in [1.82, 2.24) is 9.55 Å². The molecule has 0 saturated carbocycles. The van der Waals surface area contributed by atoms with Crippen LogP contribution in [0.1, 0.15) is 11.6 Å². The van der Waals surface area contributed by atoms with E-state index in [9.17, 15) is 4.79 Å². The van der Waals surface area contributed by atoms with Gasteiger partial charge in [-0.3, -0.25) is 9.36 Å². The predicted molar refractivity (Wildman–Crippen MR) is 70.8 cm³/mol. The second-order valence-electron chi connectivity index (χ2n) is 4.03. The van der Waals surface area contributed by atoms with Crippen molar-refractivity contribution in [3.63, 3.8) is 0 Å². The van der Waals surface area contributed by atoms with Crippen LogP contribution in [-0.4, -0.2) is 9.55 Å². The van der Waals surface area contributed by atoms with Gasteiger partial charge in [0.05, 0.1) is 5.69 Å². The van der Waals surface area contributed by atoms with Gasteiger partial charge in [-0.1, -0.05) is 17.4 Å². The van der Waals surface area contributed by atoms with Gasteiger partial charge in [0.2, 0.25) is 5.89 Å². The van der Waals surface area contributed by atoms with E-state index in [1.165, 1.54) is 11.3 Å². The van der Waals surface area contributed by atoms with Gasteiger partial charge in [0.15, 0.2) is 5.58 Å². The van der Waals surface area contributed by atoms with E-state index in [1.807, 2.05) is 24.4 Å². The molecule has 0 saturated heterocycles. The average Bonchev–Trinajstić information content (AvgIpc) is 2.89. The van der Waals surface area contributed by atoms with Gasteiger partial charge in [-0.05, 0) is 19.1 Å². The Hall–Kier alpha value is -2.08. The number of anilines is 1. The molecule has 0 aliphatic heterocycles. The molecule has 3 rings (SSSR count). The second kappa shape index (κ2) is 3.99. The summed E-state index contributed by atoms with van der Waals surface area (Å²) >= 11 is 1.17. The molecule has 0 unspecified atom stereocenters. The van der Waals surface area contributed by atoms with Crippen LogP contribution in [0.2, 0.25) is 0 Å². The van der Waals surface area contributed by atoms with E-state index in [4.69, 9.17) is 10.2 Å². The third kappa shape index (κ3) is 1.70. The molecular formula is C12H11N3O2S. The number of nitrogens with zero attached hydrogens (tertiary/aromatic N) is 2. The lowest BCUT2D eigenvalue weighted by atomic mass is 10.3. The Labute approximate surface area is 106 Å². The first-order valence-electron chi connectivity index (χ1n) is 5.44. The quantitative estimate of drug-likeness (QED) is 0.716. The zero-order valence-corrected chi connectivity index (χ0v) is 10.5. The molecule has 0 aliphatic rings. The smallest absolute Gasteiger partial charge is 0.307 e. The molecule has 0 radical (unpaired) electrons. The third-order valence-corrected chi connectivity index (χ3v) is 3.65. The maximum atomic E-state index is 11.6. The van der Waals surface area contributed by atoms with Crippen LogP contribution < -0.4 is 10.6 Å². The number of nitrogen functional groups attached to an aromatic ring is 1. The van der Waals surface area contributed by atoms with E-state index in [-0.39, 0.29) is 4.87 Å². The van der Waals surface area contributed by atoms with Crippen LogP contribution in [0, 0.1) is 6.92 Å². The van der Waals surface area contributed by atoms with Gasteiger partial charge in [0, 0.05) is 11.1 Å². The molecule has 6 heteroatoms. The Bertz CT molecular complexity index is 769. The van der Waals surface area contributed by atoms with Gasteiger partial charge in [0.1, 0.15) is 12.1 Å². The molecule has 18 heavy (non-hydrogen) atoms. The number of oxazole rings is 1. The highest BCUT2D eigenvalue weighted by atomic mass is 32.1. The van der Waals surface area contributed by atoms with Crippen LogP contribution in [0.25, 0.3) is 11.1 Å². The normalized spacial score (nSPS) is 11.2. The summed E-state index contributed by atoms with van der Waals surface area (Å²) in [6, 6.07) is 5.40. The minimum Gasteiger partial charge on any atom is -0.439 e. The fourth-order valence-corrected chi connectivity index (χ4v) is 2.55. The van der Waals surface area contributed by atoms with Crippen molar-refractivity contribution in [2.45, 2.75) is 13.5 Å². The molecule has 0 aliphatic carbocycles. The van der Waals surface area contributed by atoms with Gasteiger partial charge >= 0.3 is 4.87 Å². The second-order valence-corrected chi connectivity index (χ2v) is 4.85. The minimum atomic E-state index is -0.0114. The number of hydrogen-bond acceptors (Lipinski definition) is 5. The Kier molecular flexibility index (Phi) is 2.45. The van der Waals surface area contributed by atoms with Crippen LogP contribution >= 0.6 is 11.3 Å². The Morgan fingerprint density at radius 1 is 1.50 bits per heavy atom. The molecule has 2 aromatic heterocycles. The maximum Gasteiger partial charge on any atom is 0.307 e. The highest BCUT2D eigenvalue weighted by molar-refractivity contribution is 7.07. The topological polar surface area (TPSA) is 74.0 Å². The van der Waals surface area contributed by atoms with Gasteiger partial charge < -0.3 is 10.2 Å². The Morgan fingerprint density at radius 2 is 2.33 bits per heavy atom. The largest absolute Gasteiger partial charge is 0.439 e. The number of thiazole rings is 1. The number of rotatable bonds is 2. The standard InChI is InChI=1S/C12H11N3O2S/c1-7-6-18-12(16)15(7)5-10-14-11-8(13)3-2-4-9(11)17-10/h2-4,6H,5,13H2,1H3. The predicted octanol–water partition coefficient (Wildman–Crippen LogP) is 1.99. The summed E-state index contributed by atoms with van der Waals surface area (Å²) < 4.78 is 7.22. The summed E-state index contributed by atoms with van der Waals surface area (Å²) in [5, 5.41) is 1.82. The van der Waals surface area contributed by atoms with E-state index in [2.05, 4.69) is 4.98 Å². The van der Waals surface area contributed by atoms with E-state index in [0.717, 1.165) is 5.69 Å². The van der Waals surface area contributed by atoms with E-state index in [1.54, 1.807) is 10.6 Å². The van der Waals surface area contributed by atoms with E-state index >= 15 is 0 Å². The van der Waals surface area contributed by atoms with Crippen LogP contribution in [0.3, 0.4) is 0 Å². The first-order chi connectivity index (χ1) is 8.65. The first-order valence-corrected chi connectivity index (χ1v) is 6.32. The first kappa shape index (κ1) is 11.0. The molecule has 0 amide bonds. The lowest BCUT2D eigenvalue weighted by Crippen LogP contribution is -2.15. The van der Waals surface area contributed by atoms with Crippen LogP contribution in [0.4, 0.5) is 5.69 Å². The summed E-state index contributed by atoms with van der Waals surface area (Å²) in [7, 11) is 0. The molecule has 2 heterocycles. The highest BCUT2D eigenvalue weighted by Gasteiger charge is 2.11. The number of hydrogen-bond donors (Lipinski definition) is 1. The van der Waals surface area contributed by atoms with Crippen molar-refractivity contribution in [2.24, 2.45) is 0 Å². The van der Waals surface area contributed by atoms with E-state index in [0.29, 0.717) is 29.2 Å². The lowest BCUT2D eigenvalue weighted by molar-refractivity contribution is 0.503. The number of nitrogens with two attached hydrogens (primary N) is 1. The molecule has 0 atom stereocenters. The molecule has 0 fully saturated rings. The summed E-state index contributed by atoms with van der Waals surface area (Å²) in [5.41, 5.74) is 8.59. The molecule has 5 nitrogen and oxygen atoms in total. The van der Waals surface area contributed by atoms with Crippen LogP contribution in [-0.2, 0) is 6.54 Å². The van der Waals surface area contributed by atoms with Crippen LogP contribution in [0.15, 0.2) is 32.8 Å². The minimum absolute atomic E-state index is 0.0114. The van der Waals surface area contributed by atoms with Crippen molar-refractivity contribution < 1.29 is 4.42 Å². The zero-order valence-electron chi connectivity index (χ0n) is 9.71. The van der Waals surface area contributed by atoms with Crippen LogP contribution in [0.5, 0.6) is 0 Å². The monoisotopic (exact) mass is 261 g/mol. The van der Waals surface area contributed by atoms with Crippen molar-refractivity contribution in [3.05, 3.63) is 44.8 Å².